The molecule has 27 heavy (non-hydrogen) atoms. The molecular formula is C18H18ClN3O3S2. The van der Waals surface area contributed by atoms with Gasteiger partial charge in [-0.3, -0.25) is 0 Å². The summed E-state index contributed by atoms with van der Waals surface area (Å²) < 4.78 is 33.0. The summed E-state index contributed by atoms with van der Waals surface area (Å²) in [6.07, 6.45) is 0. The second kappa shape index (κ2) is 8.43. The van der Waals surface area contributed by atoms with Crippen molar-refractivity contribution in [3.63, 3.8) is 0 Å². The third-order valence-corrected chi connectivity index (χ3v) is 6.43. The Kier molecular flexibility index (Phi) is 6.21. The van der Waals surface area contributed by atoms with Crippen molar-refractivity contribution >= 4 is 33.4 Å². The normalized spacial score (nSPS) is 12.9. The van der Waals surface area contributed by atoms with Gasteiger partial charge in [0.1, 0.15) is 0 Å². The number of nitrogens with zero attached hydrogens (tertiary/aromatic N) is 2. The van der Waals surface area contributed by atoms with Gasteiger partial charge in [-0.25, -0.2) is 8.42 Å². The quantitative estimate of drug-likeness (QED) is 0.568. The van der Waals surface area contributed by atoms with Crippen molar-refractivity contribution in [3.05, 3.63) is 70.6 Å². The Hall–Kier alpha value is -1.87. The Labute approximate surface area is 167 Å². The number of aromatic nitrogens is 2. The highest BCUT2D eigenvalue weighted by molar-refractivity contribution is 7.98. The van der Waals surface area contributed by atoms with Gasteiger partial charge in [0.2, 0.25) is 15.9 Å². The van der Waals surface area contributed by atoms with Crippen molar-refractivity contribution < 1.29 is 12.8 Å². The maximum Gasteiger partial charge on any atom is 0.276 e. The third kappa shape index (κ3) is 5.32. The van der Waals surface area contributed by atoms with Crippen LogP contribution in [0.15, 0.2) is 63.1 Å². The van der Waals surface area contributed by atoms with Gasteiger partial charge in [-0.1, -0.05) is 53.2 Å². The average molecular weight is 424 g/mol. The van der Waals surface area contributed by atoms with Gasteiger partial charge in [-0.05, 0) is 43.7 Å². The molecule has 3 rings (SSSR count). The van der Waals surface area contributed by atoms with Crippen molar-refractivity contribution in [1.82, 2.24) is 14.9 Å². The number of benzene rings is 2. The molecule has 0 amide bonds. The lowest BCUT2D eigenvalue weighted by Gasteiger charge is -2.10. The summed E-state index contributed by atoms with van der Waals surface area (Å²) in [5, 5.41) is 8.97. The van der Waals surface area contributed by atoms with Crippen LogP contribution in [0.5, 0.6) is 0 Å². The number of aryl methyl sites for hydroxylation is 1. The van der Waals surface area contributed by atoms with Crippen LogP contribution in [0.25, 0.3) is 0 Å². The van der Waals surface area contributed by atoms with Crippen molar-refractivity contribution in [2.45, 2.75) is 35.8 Å². The van der Waals surface area contributed by atoms with Gasteiger partial charge < -0.3 is 4.42 Å². The SMILES string of the molecule is Cc1ccc(S(=O)(=O)N[C@@H](C)c2nnc(SCc3ccc(Cl)cc3)o2)cc1. The zero-order valence-corrected chi connectivity index (χ0v) is 17.1. The second-order valence-electron chi connectivity index (χ2n) is 5.98. The molecule has 1 N–H and O–H groups in total. The highest BCUT2D eigenvalue weighted by Gasteiger charge is 2.22. The fraction of sp³-hybridized carbons (Fsp3) is 0.222. The molecule has 0 radical (unpaired) electrons. The lowest BCUT2D eigenvalue weighted by atomic mass is 10.2. The number of hydrogen-bond acceptors (Lipinski definition) is 6. The number of hydrogen-bond donors (Lipinski definition) is 1. The van der Waals surface area contributed by atoms with Crippen LogP contribution in [0, 0.1) is 6.92 Å². The zero-order valence-electron chi connectivity index (χ0n) is 14.7. The maximum atomic E-state index is 12.5. The highest BCUT2D eigenvalue weighted by atomic mass is 35.5. The van der Waals surface area contributed by atoms with Gasteiger partial charge in [0, 0.05) is 10.8 Å². The van der Waals surface area contributed by atoms with Crippen molar-refractivity contribution in [3.8, 4) is 0 Å². The molecule has 1 heterocycles. The topological polar surface area (TPSA) is 85.1 Å². The largest absolute Gasteiger partial charge is 0.414 e. The van der Waals surface area contributed by atoms with Crippen LogP contribution in [-0.2, 0) is 15.8 Å². The molecule has 0 saturated carbocycles. The molecule has 0 aliphatic rings. The van der Waals surface area contributed by atoms with Crippen LogP contribution < -0.4 is 4.72 Å². The first-order valence-corrected chi connectivity index (χ1v) is 11.0. The minimum atomic E-state index is -3.67. The molecule has 2 aromatic carbocycles. The molecule has 0 bridgehead atoms. The number of sulfonamides is 1. The van der Waals surface area contributed by atoms with Gasteiger partial charge >= 0.3 is 0 Å². The van der Waals surface area contributed by atoms with E-state index in [9.17, 15) is 8.42 Å². The standard InChI is InChI=1S/C18H18ClN3O3S2/c1-12-3-9-16(10-4-12)27(23,24)22-13(2)17-20-21-18(25-17)26-11-14-5-7-15(19)8-6-14/h3-10,13,22H,11H2,1-2H3/t13-/m0/s1. The maximum absolute atomic E-state index is 12.5. The van der Waals surface area contributed by atoms with E-state index >= 15 is 0 Å². The van der Waals surface area contributed by atoms with E-state index in [1.165, 1.54) is 11.8 Å². The summed E-state index contributed by atoms with van der Waals surface area (Å²) in [6, 6.07) is 13.5. The zero-order chi connectivity index (χ0) is 19.4. The highest BCUT2D eigenvalue weighted by Crippen LogP contribution is 2.24. The predicted octanol–water partition coefficient (Wildman–Crippen LogP) is 4.36. The summed E-state index contributed by atoms with van der Waals surface area (Å²) in [5.41, 5.74) is 2.05. The minimum Gasteiger partial charge on any atom is -0.414 e. The molecule has 142 valence electrons. The fourth-order valence-corrected chi connectivity index (χ4v) is 4.30. The molecule has 1 atom stereocenters. The van der Waals surface area contributed by atoms with Crippen LogP contribution >= 0.6 is 23.4 Å². The van der Waals surface area contributed by atoms with Gasteiger partial charge in [0.05, 0.1) is 10.9 Å². The van der Waals surface area contributed by atoms with Gasteiger partial charge in [0.15, 0.2) is 0 Å². The first-order valence-electron chi connectivity index (χ1n) is 8.13. The fourth-order valence-electron chi connectivity index (χ4n) is 2.25. The number of thioether (sulfide) groups is 1. The Morgan fingerprint density at radius 2 is 1.78 bits per heavy atom. The monoisotopic (exact) mass is 423 g/mol. The average Bonchev–Trinajstić information content (AvgIpc) is 3.10. The minimum absolute atomic E-state index is 0.191. The molecule has 1 aromatic heterocycles. The molecule has 6 nitrogen and oxygen atoms in total. The van der Waals surface area contributed by atoms with E-state index in [1.54, 1.807) is 31.2 Å². The predicted molar refractivity (Wildman–Crippen MR) is 105 cm³/mol. The van der Waals surface area contributed by atoms with Gasteiger partial charge in [-0.2, -0.15) is 4.72 Å². The Bertz CT molecular complexity index is 1000. The molecular weight excluding hydrogens is 406 g/mol. The molecule has 0 fully saturated rings. The third-order valence-electron chi connectivity index (χ3n) is 3.73. The summed E-state index contributed by atoms with van der Waals surface area (Å²) in [5.74, 6) is 0.853. The van der Waals surface area contributed by atoms with E-state index in [2.05, 4.69) is 14.9 Å². The van der Waals surface area contributed by atoms with E-state index in [1.807, 2.05) is 31.2 Å². The summed E-state index contributed by atoms with van der Waals surface area (Å²) in [6.45, 7) is 3.56. The molecule has 0 unspecified atom stereocenters. The van der Waals surface area contributed by atoms with Crippen LogP contribution in [0.3, 0.4) is 0 Å². The Balaban J connectivity index is 1.63. The van der Waals surface area contributed by atoms with E-state index in [-0.39, 0.29) is 10.8 Å². The van der Waals surface area contributed by atoms with Crippen LogP contribution in [0.2, 0.25) is 5.02 Å². The van der Waals surface area contributed by atoms with Crippen LogP contribution in [0.1, 0.15) is 30.0 Å². The molecule has 3 aromatic rings. The number of halogens is 1. The molecule has 0 saturated heterocycles. The summed E-state index contributed by atoms with van der Waals surface area (Å²) >= 11 is 7.24. The van der Waals surface area contributed by atoms with Crippen molar-refractivity contribution in [1.29, 1.82) is 0 Å². The smallest absolute Gasteiger partial charge is 0.276 e. The molecule has 0 aliphatic heterocycles. The van der Waals surface area contributed by atoms with Crippen LogP contribution in [0.4, 0.5) is 0 Å². The van der Waals surface area contributed by atoms with Gasteiger partial charge in [0.25, 0.3) is 5.22 Å². The van der Waals surface area contributed by atoms with Crippen molar-refractivity contribution in [2.75, 3.05) is 0 Å². The Morgan fingerprint density at radius 3 is 2.44 bits per heavy atom. The van der Waals surface area contributed by atoms with Gasteiger partial charge in [-0.15, -0.1) is 10.2 Å². The van der Waals surface area contributed by atoms with Crippen molar-refractivity contribution in [2.24, 2.45) is 0 Å². The Morgan fingerprint density at radius 1 is 1.11 bits per heavy atom. The van der Waals surface area contributed by atoms with E-state index in [4.69, 9.17) is 16.0 Å². The molecule has 9 heteroatoms. The first kappa shape index (κ1) is 19.9. The molecule has 0 spiro atoms. The van der Waals surface area contributed by atoms with E-state index < -0.39 is 16.1 Å². The van der Waals surface area contributed by atoms with E-state index in [0.717, 1.165) is 11.1 Å². The summed E-state index contributed by atoms with van der Waals surface area (Å²) in [4.78, 5) is 0.191. The first-order chi connectivity index (χ1) is 12.8. The lowest BCUT2D eigenvalue weighted by Crippen LogP contribution is -2.27. The second-order valence-corrected chi connectivity index (χ2v) is 9.05. The number of nitrogens with one attached hydrogen (secondary N) is 1. The lowest BCUT2D eigenvalue weighted by molar-refractivity contribution is 0.384. The molecule has 0 aliphatic carbocycles. The van der Waals surface area contributed by atoms with E-state index in [0.29, 0.717) is 16.0 Å². The number of rotatable bonds is 7. The summed E-state index contributed by atoms with van der Waals surface area (Å²) in [7, 11) is -3.67. The van der Waals surface area contributed by atoms with Crippen LogP contribution in [-0.4, -0.2) is 18.6 Å².